The van der Waals surface area contributed by atoms with Gasteiger partial charge in [-0.2, -0.15) is 0 Å². The van der Waals surface area contributed by atoms with Crippen LogP contribution < -0.4 is 10.9 Å². The molecule has 1 aromatic carbocycles. The SMILES string of the molecule is CN(C(=O)Cn1cnc2ccccc2c1=O)C1CCCNCC1. The molecule has 23 heavy (non-hydrogen) atoms. The van der Waals surface area contributed by atoms with Crippen molar-refractivity contribution in [3.63, 3.8) is 0 Å². The third-order valence-electron chi connectivity index (χ3n) is 4.52. The van der Waals surface area contributed by atoms with E-state index in [1.165, 1.54) is 10.9 Å². The fourth-order valence-electron chi connectivity index (χ4n) is 3.07. The van der Waals surface area contributed by atoms with Crippen molar-refractivity contribution in [1.82, 2.24) is 19.8 Å². The Morgan fingerprint density at radius 2 is 2.17 bits per heavy atom. The van der Waals surface area contributed by atoms with Gasteiger partial charge in [0.25, 0.3) is 5.56 Å². The number of amides is 1. The first-order valence-electron chi connectivity index (χ1n) is 8.07. The van der Waals surface area contributed by atoms with Gasteiger partial charge in [0.1, 0.15) is 6.54 Å². The number of benzene rings is 1. The van der Waals surface area contributed by atoms with Crippen molar-refractivity contribution >= 4 is 16.8 Å². The Morgan fingerprint density at radius 3 is 3.04 bits per heavy atom. The normalized spacial score (nSPS) is 18.6. The number of hydrogen-bond acceptors (Lipinski definition) is 4. The van der Waals surface area contributed by atoms with E-state index < -0.39 is 0 Å². The van der Waals surface area contributed by atoms with Crippen LogP contribution in [-0.4, -0.2) is 46.5 Å². The summed E-state index contributed by atoms with van der Waals surface area (Å²) in [6.45, 7) is 1.98. The molecule has 6 heteroatoms. The maximum Gasteiger partial charge on any atom is 0.261 e. The van der Waals surface area contributed by atoms with E-state index in [1.807, 2.05) is 19.2 Å². The van der Waals surface area contributed by atoms with Crippen molar-refractivity contribution in [1.29, 1.82) is 0 Å². The number of likely N-dealkylation sites (N-methyl/N-ethyl adjacent to an activating group) is 1. The molecule has 2 aromatic rings. The van der Waals surface area contributed by atoms with Crippen LogP contribution in [0.25, 0.3) is 10.9 Å². The molecule has 6 nitrogen and oxygen atoms in total. The van der Waals surface area contributed by atoms with Crippen molar-refractivity contribution in [2.75, 3.05) is 20.1 Å². The van der Waals surface area contributed by atoms with Crippen molar-refractivity contribution in [2.24, 2.45) is 0 Å². The van der Waals surface area contributed by atoms with Gasteiger partial charge in [-0.25, -0.2) is 4.98 Å². The first-order valence-corrected chi connectivity index (χ1v) is 8.07. The van der Waals surface area contributed by atoms with Gasteiger partial charge >= 0.3 is 0 Å². The number of aromatic nitrogens is 2. The average molecular weight is 314 g/mol. The van der Waals surface area contributed by atoms with E-state index in [0.29, 0.717) is 10.9 Å². The van der Waals surface area contributed by atoms with Crippen LogP contribution in [0.5, 0.6) is 0 Å². The summed E-state index contributed by atoms with van der Waals surface area (Å²) in [5.74, 6) is -0.0453. The summed E-state index contributed by atoms with van der Waals surface area (Å²) >= 11 is 0. The van der Waals surface area contributed by atoms with E-state index in [4.69, 9.17) is 0 Å². The van der Waals surface area contributed by atoms with Crippen molar-refractivity contribution in [3.05, 3.63) is 40.9 Å². The maximum absolute atomic E-state index is 12.5. The van der Waals surface area contributed by atoms with E-state index in [9.17, 15) is 9.59 Å². The highest BCUT2D eigenvalue weighted by molar-refractivity contribution is 5.79. The van der Waals surface area contributed by atoms with Crippen LogP contribution in [0.1, 0.15) is 19.3 Å². The van der Waals surface area contributed by atoms with Gasteiger partial charge in [-0.15, -0.1) is 0 Å². The molecule has 122 valence electrons. The largest absolute Gasteiger partial charge is 0.341 e. The van der Waals surface area contributed by atoms with Gasteiger partial charge < -0.3 is 10.2 Å². The Bertz CT molecular complexity index is 748. The fourth-order valence-corrected chi connectivity index (χ4v) is 3.07. The van der Waals surface area contributed by atoms with Crippen molar-refractivity contribution in [3.8, 4) is 0 Å². The molecule has 1 aliphatic heterocycles. The summed E-state index contributed by atoms with van der Waals surface area (Å²) in [7, 11) is 1.83. The minimum absolute atomic E-state index is 0.0388. The van der Waals surface area contributed by atoms with Crippen molar-refractivity contribution in [2.45, 2.75) is 31.8 Å². The minimum atomic E-state index is -0.167. The number of carbonyl (C=O) groups is 1. The van der Waals surface area contributed by atoms with Crippen molar-refractivity contribution < 1.29 is 4.79 Å². The molecule has 2 heterocycles. The molecule has 0 aliphatic carbocycles. The summed E-state index contributed by atoms with van der Waals surface area (Å²) in [6, 6.07) is 7.43. The van der Waals surface area contributed by atoms with Crippen LogP contribution in [0, 0.1) is 0 Å². The molecular formula is C17H22N4O2. The lowest BCUT2D eigenvalue weighted by molar-refractivity contribution is -0.132. The molecule has 1 atom stereocenters. The highest BCUT2D eigenvalue weighted by Crippen LogP contribution is 2.12. The Morgan fingerprint density at radius 1 is 1.35 bits per heavy atom. The maximum atomic E-state index is 12.5. The molecule has 1 amide bonds. The number of carbonyl (C=O) groups excluding carboxylic acids is 1. The molecule has 1 unspecified atom stereocenters. The summed E-state index contributed by atoms with van der Waals surface area (Å²) in [4.78, 5) is 31.0. The van der Waals surface area contributed by atoms with Crippen LogP contribution in [0.4, 0.5) is 0 Å². The first kappa shape index (κ1) is 15.7. The summed E-state index contributed by atoms with van der Waals surface area (Å²) < 4.78 is 1.40. The number of nitrogens with one attached hydrogen (secondary N) is 1. The van der Waals surface area contributed by atoms with Crippen LogP contribution in [0.3, 0.4) is 0 Å². The van der Waals surface area contributed by atoms with Gasteiger partial charge in [-0.05, 0) is 44.5 Å². The predicted octanol–water partition coefficient (Wildman–Crippen LogP) is 0.997. The predicted molar refractivity (Wildman–Crippen MR) is 89.3 cm³/mol. The lowest BCUT2D eigenvalue weighted by atomic mass is 10.1. The monoisotopic (exact) mass is 314 g/mol. The van der Waals surface area contributed by atoms with E-state index in [0.717, 1.165) is 32.4 Å². The molecule has 1 N–H and O–H groups in total. The van der Waals surface area contributed by atoms with E-state index in [2.05, 4.69) is 10.3 Å². The van der Waals surface area contributed by atoms with E-state index in [1.54, 1.807) is 17.0 Å². The average Bonchev–Trinajstić information content (AvgIpc) is 2.86. The summed E-state index contributed by atoms with van der Waals surface area (Å²) in [5, 5.41) is 3.89. The first-order chi connectivity index (χ1) is 11.2. The van der Waals surface area contributed by atoms with Gasteiger partial charge in [0.15, 0.2) is 0 Å². The standard InChI is InChI=1S/C17H22N4O2/c1-20(13-5-4-9-18-10-8-13)16(22)11-21-12-19-15-7-3-2-6-14(15)17(21)23/h2-3,6-7,12-13,18H,4-5,8-11H2,1H3. The molecule has 0 spiro atoms. The minimum Gasteiger partial charge on any atom is -0.341 e. The molecule has 1 aromatic heterocycles. The van der Waals surface area contributed by atoms with Crippen LogP contribution >= 0.6 is 0 Å². The van der Waals surface area contributed by atoms with E-state index >= 15 is 0 Å². The second-order valence-electron chi connectivity index (χ2n) is 6.03. The second-order valence-corrected chi connectivity index (χ2v) is 6.03. The number of rotatable bonds is 3. The molecular weight excluding hydrogens is 292 g/mol. The highest BCUT2D eigenvalue weighted by Gasteiger charge is 2.21. The third kappa shape index (κ3) is 3.42. The van der Waals surface area contributed by atoms with Gasteiger partial charge in [0.2, 0.25) is 5.91 Å². The zero-order chi connectivity index (χ0) is 16.2. The van der Waals surface area contributed by atoms with Gasteiger partial charge in [-0.3, -0.25) is 14.2 Å². The zero-order valence-electron chi connectivity index (χ0n) is 13.4. The molecule has 0 bridgehead atoms. The molecule has 1 aliphatic rings. The highest BCUT2D eigenvalue weighted by atomic mass is 16.2. The molecule has 1 fully saturated rings. The molecule has 0 saturated carbocycles. The number of fused-ring (bicyclic) bond motifs is 1. The Kier molecular flexibility index (Phi) is 4.71. The van der Waals surface area contributed by atoms with Crippen LogP contribution in [0.2, 0.25) is 0 Å². The van der Waals surface area contributed by atoms with E-state index in [-0.39, 0.29) is 24.1 Å². The summed E-state index contributed by atoms with van der Waals surface area (Å²) in [6.07, 6.45) is 4.48. The Labute approximate surface area is 135 Å². The number of nitrogens with zero attached hydrogens (tertiary/aromatic N) is 3. The lowest BCUT2D eigenvalue weighted by Gasteiger charge is -2.27. The number of para-hydroxylation sites is 1. The zero-order valence-corrected chi connectivity index (χ0v) is 13.4. The fraction of sp³-hybridized carbons (Fsp3) is 0.471. The second kappa shape index (κ2) is 6.91. The van der Waals surface area contributed by atoms with Gasteiger partial charge in [0, 0.05) is 13.1 Å². The van der Waals surface area contributed by atoms with Gasteiger partial charge in [0.05, 0.1) is 17.2 Å². The van der Waals surface area contributed by atoms with Crippen LogP contribution in [-0.2, 0) is 11.3 Å². The molecule has 1 saturated heterocycles. The Hall–Kier alpha value is -2.21. The van der Waals surface area contributed by atoms with Gasteiger partial charge in [-0.1, -0.05) is 12.1 Å². The Balaban J connectivity index is 1.77. The summed E-state index contributed by atoms with van der Waals surface area (Å²) in [5.41, 5.74) is 0.490. The molecule has 3 rings (SSSR count). The topological polar surface area (TPSA) is 67.2 Å². The smallest absolute Gasteiger partial charge is 0.261 e. The quantitative estimate of drug-likeness (QED) is 0.918. The van der Waals surface area contributed by atoms with Crippen LogP contribution in [0.15, 0.2) is 35.4 Å². The lowest BCUT2D eigenvalue weighted by Crippen LogP contribution is -2.41. The third-order valence-corrected chi connectivity index (χ3v) is 4.52. The number of hydrogen-bond donors (Lipinski definition) is 1. The molecule has 0 radical (unpaired) electrons.